The van der Waals surface area contributed by atoms with Crippen LogP contribution in [0.1, 0.15) is 5.56 Å². The van der Waals surface area contributed by atoms with E-state index in [9.17, 15) is 13.2 Å². The Balaban J connectivity index is 1.51. The molecule has 5 nitrogen and oxygen atoms in total. The molecule has 0 radical (unpaired) electrons. The van der Waals surface area contributed by atoms with Crippen LogP contribution in [0.2, 0.25) is 0 Å². The molecule has 1 N–H and O–H groups in total. The second-order valence-electron chi connectivity index (χ2n) is 6.69. The number of nitrogens with one attached hydrogen (secondary N) is 1. The molecule has 1 aromatic heterocycles. The lowest BCUT2D eigenvalue weighted by Gasteiger charge is -2.08. The highest BCUT2D eigenvalue weighted by Gasteiger charge is 2.19. The summed E-state index contributed by atoms with van der Waals surface area (Å²) in [5, 5.41) is 3.52. The standard InChI is InChI=1S/C22H18N2O3S2/c1-15-9-11-18(12-10-15)29(26,27)14-21(25)23-17-6-4-5-16(13-17)22-24-19-7-2-3-8-20(19)28-22/h2-13H,14H2,1H3,(H,23,25). The van der Waals surface area contributed by atoms with Gasteiger partial charge in [-0.15, -0.1) is 11.3 Å². The number of para-hydroxylation sites is 1. The second-order valence-corrected chi connectivity index (χ2v) is 9.71. The summed E-state index contributed by atoms with van der Waals surface area (Å²) in [6, 6.07) is 21.6. The van der Waals surface area contributed by atoms with Crippen molar-refractivity contribution in [2.75, 3.05) is 11.1 Å². The predicted octanol–water partition coefficient (Wildman–Crippen LogP) is 4.68. The van der Waals surface area contributed by atoms with Gasteiger partial charge in [-0.25, -0.2) is 13.4 Å². The molecule has 7 heteroatoms. The van der Waals surface area contributed by atoms with Gasteiger partial charge in [0.2, 0.25) is 5.91 Å². The molecule has 0 saturated heterocycles. The van der Waals surface area contributed by atoms with Gasteiger partial charge in [-0.05, 0) is 43.3 Å². The molecule has 0 aliphatic rings. The number of hydrogen-bond donors (Lipinski definition) is 1. The Bertz CT molecular complexity index is 1260. The van der Waals surface area contributed by atoms with E-state index in [1.54, 1.807) is 35.6 Å². The minimum atomic E-state index is -3.70. The molecule has 0 atom stereocenters. The smallest absolute Gasteiger partial charge is 0.239 e. The first kappa shape index (κ1) is 19.3. The van der Waals surface area contributed by atoms with Crippen molar-refractivity contribution in [1.82, 2.24) is 4.98 Å². The van der Waals surface area contributed by atoms with Crippen molar-refractivity contribution in [3.05, 3.63) is 78.4 Å². The third-order valence-corrected chi connectivity index (χ3v) is 7.11. The van der Waals surface area contributed by atoms with Crippen LogP contribution in [0, 0.1) is 6.92 Å². The Hall–Kier alpha value is -3.03. The molecule has 0 unspecified atom stereocenters. The third-order valence-electron chi connectivity index (χ3n) is 4.39. The SMILES string of the molecule is Cc1ccc(S(=O)(=O)CC(=O)Nc2cccc(-c3nc4ccccc4s3)c2)cc1. The van der Waals surface area contributed by atoms with Crippen molar-refractivity contribution in [2.45, 2.75) is 11.8 Å². The first-order valence-corrected chi connectivity index (χ1v) is 11.4. The Morgan fingerprint density at radius 1 is 1.00 bits per heavy atom. The zero-order valence-electron chi connectivity index (χ0n) is 15.6. The van der Waals surface area contributed by atoms with Crippen LogP contribution in [0.5, 0.6) is 0 Å². The van der Waals surface area contributed by atoms with Gasteiger partial charge < -0.3 is 5.32 Å². The molecular weight excluding hydrogens is 404 g/mol. The Labute approximate surface area is 173 Å². The van der Waals surface area contributed by atoms with Gasteiger partial charge in [0.15, 0.2) is 9.84 Å². The van der Waals surface area contributed by atoms with Crippen LogP contribution < -0.4 is 5.32 Å². The van der Waals surface area contributed by atoms with E-state index >= 15 is 0 Å². The van der Waals surface area contributed by atoms with Crippen molar-refractivity contribution in [2.24, 2.45) is 0 Å². The number of benzene rings is 3. The summed E-state index contributed by atoms with van der Waals surface area (Å²) in [6.07, 6.45) is 0. The van der Waals surface area contributed by atoms with Crippen LogP contribution in [0.4, 0.5) is 5.69 Å². The van der Waals surface area contributed by atoms with E-state index in [2.05, 4.69) is 10.3 Å². The molecule has 1 heterocycles. The Kier molecular flexibility index (Phi) is 5.17. The quantitative estimate of drug-likeness (QED) is 0.506. The van der Waals surface area contributed by atoms with Crippen molar-refractivity contribution < 1.29 is 13.2 Å². The molecule has 0 aliphatic heterocycles. The highest BCUT2D eigenvalue weighted by Crippen LogP contribution is 2.31. The van der Waals surface area contributed by atoms with Gasteiger partial charge in [0, 0.05) is 11.3 Å². The Morgan fingerprint density at radius 2 is 1.76 bits per heavy atom. The molecule has 0 bridgehead atoms. The highest BCUT2D eigenvalue weighted by molar-refractivity contribution is 7.92. The average molecular weight is 423 g/mol. The largest absolute Gasteiger partial charge is 0.325 e. The van der Waals surface area contributed by atoms with Gasteiger partial charge in [-0.2, -0.15) is 0 Å². The number of amides is 1. The summed E-state index contributed by atoms with van der Waals surface area (Å²) in [5.41, 5.74) is 3.28. The van der Waals surface area contributed by atoms with E-state index in [1.165, 1.54) is 12.1 Å². The number of carbonyl (C=O) groups is 1. The predicted molar refractivity (Wildman–Crippen MR) is 117 cm³/mol. The Morgan fingerprint density at radius 3 is 2.52 bits per heavy atom. The van der Waals surface area contributed by atoms with Crippen molar-refractivity contribution in [3.8, 4) is 10.6 Å². The summed E-state index contributed by atoms with van der Waals surface area (Å²) >= 11 is 1.57. The summed E-state index contributed by atoms with van der Waals surface area (Å²) in [5.74, 6) is -1.19. The fraction of sp³-hybridized carbons (Fsp3) is 0.0909. The number of aromatic nitrogens is 1. The van der Waals surface area contributed by atoms with E-state index in [1.807, 2.05) is 43.3 Å². The summed E-state index contributed by atoms with van der Waals surface area (Å²) in [4.78, 5) is 17.1. The number of fused-ring (bicyclic) bond motifs is 1. The monoisotopic (exact) mass is 422 g/mol. The number of thiazole rings is 1. The van der Waals surface area contributed by atoms with Crippen molar-refractivity contribution in [3.63, 3.8) is 0 Å². The topological polar surface area (TPSA) is 76.1 Å². The van der Waals surface area contributed by atoms with Gasteiger partial charge >= 0.3 is 0 Å². The first-order valence-electron chi connectivity index (χ1n) is 8.96. The lowest BCUT2D eigenvalue weighted by atomic mass is 10.2. The number of rotatable bonds is 5. The fourth-order valence-corrected chi connectivity index (χ4v) is 5.02. The molecule has 0 aliphatic carbocycles. The number of nitrogens with zero attached hydrogens (tertiary/aromatic N) is 1. The normalized spacial score (nSPS) is 11.5. The number of aryl methyl sites for hydroxylation is 1. The van der Waals surface area contributed by atoms with Crippen LogP contribution in [-0.2, 0) is 14.6 Å². The molecule has 0 fully saturated rings. The number of sulfone groups is 1. The van der Waals surface area contributed by atoms with Gasteiger partial charge in [0.25, 0.3) is 0 Å². The fourth-order valence-electron chi connectivity index (χ4n) is 2.92. The zero-order chi connectivity index (χ0) is 20.4. The number of anilines is 1. The number of carbonyl (C=O) groups excluding carboxylic acids is 1. The molecule has 1 amide bonds. The third kappa shape index (κ3) is 4.36. The van der Waals surface area contributed by atoms with E-state index in [0.29, 0.717) is 5.69 Å². The maximum absolute atomic E-state index is 12.5. The van der Waals surface area contributed by atoms with Crippen LogP contribution in [0.15, 0.2) is 77.7 Å². The van der Waals surface area contributed by atoms with Gasteiger partial charge in [-0.3, -0.25) is 4.79 Å². The van der Waals surface area contributed by atoms with Gasteiger partial charge in [-0.1, -0.05) is 42.0 Å². The molecule has 3 aromatic carbocycles. The molecule has 0 saturated carbocycles. The van der Waals surface area contributed by atoms with Crippen LogP contribution >= 0.6 is 11.3 Å². The number of hydrogen-bond acceptors (Lipinski definition) is 5. The summed E-state index contributed by atoms with van der Waals surface area (Å²) in [6.45, 7) is 1.88. The maximum atomic E-state index is 12.5. The van der Waals surface area contributed by atoms with Crippen LogP contribution in [0.3, 0.4) is 0 Å². The minimum Gasteiger partial charge on any atom is -0.325 e. The highest BCUT2D eigenvalue weighted by atomic mass is 32.2. The molecular formula is C22H18N2O3S2. The molecule has 4 aromatic rings. The second kappa shape index (κ2) is 7.77. The van der Waals surface area contributed by atoms with E-state index in [-0.39, 0.29) is 4.90 Å². The van der Waals surface area contributed by atoms with Crippen molar-refractivity contribution in [1.29, 1.82) is 0 Å². The van der Waals surface area contributed by atoms with Crippen LogP contribution in [-0.4, -0.2) is 25.1 Å². The van der Waals surface area contributed by atoms with Gasteiger partial charge in [0.1, 0.15) is 10.8 Å². The summed E-state index contributed by atoms with van der Waals surface area (Å²) < 4.78 is 26.0. The zero-order valence-corrected chi connectivity index (χ0v) is 17.3. The van der Waals surface area contributed by atoms with E-state index < -0.39 is 21.5 Å². The molecule has 29 heavy (non-hydrogen) atoms. The maximum Gasteiger partial charge on any atom is 0.239 e. The molecule has 0 spiro atoms. The van der Waals surface area contributed by atoms with Gasteiger partial charge in [0.05, 0.1) is 15.1 Å². The molecule has 146 valence electrons. The van der Waals surface area contributed by atoms with Crippen molar-refractivity contribution >= 4 is 43.0 Å². The van der Waals surface area contributed by atoms with E-state index in [0.717, 1.165) is 26.4 Å². The molecule has 4 rings (SSSR count). The van der Waals surface area contributed by atoms with E-state index in [4.69, 9.17) is 0 Å². The lowest BCUT2D eigenvalue weighted by molar-refractivity contribution is -0.113. The average Bonchev–Trinajstić information content (AvgIpc) is 3.12. The van der Waals surface area contributed by atoms with Crippen LogP contribution in [0.25, 0.3) is 20.8 Å². The lowest BCUT2D eigenvalue weighted by Crippen LogP contribution is -2.23. The summed E-state index contributed by atoms with van der Waals surface area (Å²) in [7, 11) is -3.70. The minimum absolute atomic E-state index is 0.140. The first-order chi connectivity index (χ1) is 13.9.